The summed E-state index contributed by atoms with van der Waals surface area (Å²) in [4.78, 5) is 14.7. The lowest BCUT2D eigenvalue weighted by molar-refractivity contribution is -0.118. The van der Waals surface area contributed by atoms with Crippen molar-refractivity contribution < 1.29 is 14.3 Å². The second-order valence-corrected chi connectivity index (χ2v) is 7.29. The summed E-state index contributed by atoms with van der Waals surface area (Å²) >= 11 is 0. The number of ether oxygens (including phenoxy) is 2. The maximum absolute atomic E-state index is 12.4. The standard InChI is InChI=1S/C25H26N2O3/c28-25(26-23-10-4-5-11-24(23)27-16-6-7-17-27)19-30-22-14-12-21(13-15-22)29-18-20-8-2-1-3-9-20/h1-5,8-15H,6-7,16-19H2,(H,26,28). The van der Waals surface area contributed by atoms with E-state index in [9.17, 15) is 4.79 Å². The number of para-hydroxylation sites is 2. The van der Waals surface area contributed by atoms with Crippen LogP contribution in [0.2, 0.25) is 0 Å². The largest absolute Gasteiger partial charge is 0.489 e. The van der Waals surface area contributed by atoms with E-state index in [1.54, 1.807) is 0 Å². The Morgan fingerprint density at radius 1 is 0.800 bits per heavy atom. The van der Waals surface area contributed by atoms with Gasteiger partial charge in [-0.25, -0.2) is 0 Å². The van der Waals surface area contributed by atoms with Gasteiger partial charge in [0.2, 0.25) is 0 Å². The van der Waals surface area contributed by atoms with E-state index in [-0.39, 0.29) is 12.5 Å². The van der Waals surface area contributed by atoms with Gasteiger partial charge in [-0.1, -0.05) is 42.5 Å². The Kier molecular flexibility index (Phi) is 6.50. The van der Waals surface area contributed by atoms with Crippen LogP contribution in [0.15, 0.2) is 78.9 Å². The van der Waals surface area contributed by atoms with Crippen LogP contribution in [-0.4, -0.2) is 25.6 Å². The van der Waals surface area contributed by atoms with E-state index < -0.39 is 0 Å². The Labute approximate surface area is 177 Å². The van der Waals surface area contributed by atoms with Crippen LogP contribution in [0.3, 0.4) is 0 Å². The molecule has 1 N–H and O–H groups in total. The zero-order valence-corrected chi connectivity index (χ0v) is 16.9. The summed E-state index contributed by atoms with van der Waals surface area (Å²) in [6.45, 7) is 2.53. The molecule has 0 aromatic heterocycles. The number of anilines is 2. The minimum absolute atomic E-state index is 0.0431. The van der Waals surface area contributed by atoms with E-state index >= 15 is 0 Å². The molecule has 0 bridgehead atoms. The summed E-state index contributed by atoms with van der Waals surface area (Å²) in [5.74, 6) is 1.21. The number of carbonyl (C=O) groups is 1. The lowest BCUT2D eigenvalue weighted by Crippen LogP contribution is -2.24. The quantitative estimate of drug-likeness (QED) is 0.583. The number of hydrogen-bond acceptors (Lipinski definition) is 4. The fourth-order valence-electron chi connectivity index (χ4n) is 3.52. The summed E-state index contributed by atoms with van der Waals surface area (Å²) in [6, 6.07) is 25.3. The van der Waals surface area contributed by atoms with Gasteiger partial charge < -0.3 is 19.7 Å². The van der Waals surface area contributed by atoms with Gasteiger partial charge in [0.25, 0.3) is 5.91 Å². The van der Waals surface area contributed by atoms with E-state index in [0.29, 0.717) is 12.4 Å². The number of nitrogens with zero attached hydrogens (tertiary/aromatic N) is 1. The van der Waals surface area contributed by atoms with E-state index in [1.165, 1.54) is 12.8 Å². The third-order valence-electron chi connectivity index (χ3n) is 5.07. The molecule has 5 nitrogen and oxygen atoms in total. The summed E-state index contributed by atoms with van der Waals surface area (Å²) < 4.78 is 11.4. The SMILES string of the molecule is O=C(COc1ccc(OCc2ccccc2)cc1)Nc1ccccc1N1CCCC1. The molecule has 0 radical (unpaired) electrons. The number of benzene rings is 3. The first-order valence-electron chi connectivity index (χ1n) is 10.3. The maximum atomic E-state index is 12.4. The van der Waals surface area contributed by atoms with Crippen molar-refractivity contribution in [2.45, 2.75) is 19.4 Å². The molecule has 3 aromatic rings. The van der Waals surface area contributed by atoms with E-state index in [1.807, 2.05) is 72.8 Å². The number of carbonyl (C=O) groups excluding carboxylic acids is 1. The van der Waals surface area contributed by atoms with Crippen molar-refractivity contribution in [2.24, 2.45) is 0 Å². The summed E-state index contributed by atoms with van der Waals surface area (Å²) in [5, 5.41) is 2.98. The van der Waals surface area contributed by atoms with Crippen LogP contribution in [0.4, 0.5) is 11.4 Å². The highest BCUT2D eigenvalue weighted by atomic mass is 16.5. The smallest absolute Gasteiger partial charge is 0.262 e. The van der Waals surface area contributed by atoms with E-state index in [4.69, 9.17) is 9.47 Å². The van der Waals surface area contributed by atoms with Crippen LogP contribution >= 0.6 is 0 Å². The first-order valence-corrected chi connectivity index (χ1v) is 10.3. The second-order valence-electron chi connectivity index (χ2n) is 7.29. The molecule has 1 saturated heterocycles. The predicted molar refractivity (Wildman–Crippen MR) is 119 cm³/mol. The van der Waals surface area contributed by atoms with Crippen molar-refractivity contribution in [3.8, 4) is 11.5 Å². The third-order valence-corrected chi connectivity index (χ3v) is 5.07. The lowest BCUT2D eigenvalue weighted by Gasteiger charge is -2.21. The molecule has 0 aliphatic carbocycles. The highest BCUT2D eigenvalue weighted by Gasteiger charge is 2.16. The summed E-state index contributed by atoms with van der Waals surface area (Å²) in [5.41, 5.74) is 3.02. The molecule has 5 heteroatoms. The second kappa shape index (κ2) is 9.83. The fourth-order valence-corrected chi connectivity index (χ4v) is 3.52. The molecule has 1 amide bonds. The molecule has 3 aromatic carbocycles. The van der Waals surface area contributed by atoms with Gasteiger partial charge in [-0.2, -0.15) is 0 Å². The van der Waals surface area contributed by atoms with Crippen molar-refractivity contribution in [1.82, 2.24) is 0 Å². The molecule has 1 heterocycles. The summed E-state index contributed by atoms with van der Waals surface area (Å²) in [7, 11) is 0. The molecular formula is C25H26N2O3. The van der Waals surface area contributed by atoms with E-state index in [0.717, 1.165) is 35.8 Å². The van der Waals surface area contributed by atoms with Crippen LogP contribution in [-0.2, 0) is 11.4 Å². The van der Waals surface area contributed by atoms with Gasteiger partial charge >= 0.3 is 0 Å². The van der Waals surface area contributed by atoms with Crippen molar-refractivity contribution in [2.75, 3.05) is 29.9 Å². The van der Waals surface area contributed by atoms with Gasteiger partial charge in [-0.05, 0) is 54.8 Å². The first-order chi connectivity index (χ1) is 14.8. The molecule has 0 spiro atoms. The Morgan fingerprint density at radius 3 is 2.17 bits per heavy atom. The number of rotatable bonds is 8. The molecule has 0 unspecified atom stereocenters. The first kappa shape index (κ1) is 19.8. The van der Waals surface area contributed by atoms with Gasteiger partial charge in [-0.15, -0.1) is 0 Å². The molecule has 1 aliphatic heterocycles. The molecule has 1 fully saturated rings. The van der Waals surface area contributed by atoms with Crippen LogP contribution < -0.4 is 19.7 Å². The molecule has 30 heavy (non-hydrogen) atoms. The Morgan fingerprint density at radius 2 is 1.43 bits per heavy atom. The van der Waals surface area contributed by atoms with Crippen LogP contribution in [0, 0.1) is 0 Å². The lowest BCUT2D eigenvalue weighted by atomic mass is 10.2. The number of amides is 1. The van der Waals surface area contributed by atoms with Crippen molar-refractivity contribution in [3.63, 3.8) is 0 Å². The highest BCUT2D eigenvalue weighted by molar-refractivity contribution is 5.95. The van der Waals surface area contributed by atoms with E-state index in [2.05, 4.69) is 16.3 Å². The molecule has 0 saturated carbocycles. The minimum atomic E-state index is -0.175. The summed E-state index contributed by atoms with van der Waals surface area (Å²) in [6.07, 6.45) is 2.38. The molecule has 154 valence electrons. The minimum Gasteiger partial charge on any atom is -0.489 e. The molecule has 4 rings (SSSR count). The highest BCUT2D eigenvalue weighted by Crippen LogP contribution is 2.28. The van der Waals surface area contributed by atoms with Gasteiger partial charge in [0.15, 0.2) is 6.61 Å². The zero-order valence-electron chi connectivity index (χ0n) is 16.9. The average molecular weight is 402 g/mol. The van der Waals surface area contributed by atoms with Gasteiger partial charge in [0.05, 0.1) is 11.4 Å². The predicted octanol–water partition coefficient (Wildman–Crippen LogP) is 4.88. The molecular weight excluding hydrogens is 376 g/mol. The normalized spacial score (nSPS) is 13.1. The Balaban J connectivity index is 1.27. The van der Waals surface area contributed by atoms with Gasteiger partial charge in [0.1, 0.15) is 18.1 Å². The van der Waals surface area contributed by atoms with Crippen molar-refractivity contribution in [3.05, 3.63) is 84.4 Å². The van der Waals surface area contributed by atoms with Crippen molar-refractivity contribution in [1.29, 1.82) is 0 Å². The number of hydrogen-bond donors (Lipinski definition) is 1. The van der Waals surface area contributed by atoms with Gasteiger partial charge in [-0.3, -0.25) is 4.79 Å². The van der Waals surface area contributed by atoms with Crippen LogP contribution in [0.1, 0.15) is 18.4 Å². The Hall–Kier alpha value is -3.47. The maximum Gasteiger partial charge on any atom is 0.262 e. The van der Waals surface area contributed by atoms with Gasteiger partial charge in [0, 0.05) is 13.1 Å². The number of nitrogens with one attached hydrogen (secondary N) is 1. The zero-order chi connectivity index (χ0) is 20.6. The van der Waals surface area contributed by atoms with Crippen LogP contribution in [0.25, 0.3) is 0 Å². The topological polar surface area (TPSA) is 50.8 Å². The Bertz CT molecular complexity index is 952. The molecule has 1 aliphatic rings. The van der Waals surface area contributed by atoms with Crippen LogP contribution in [0.5, 0.6) is 11.5 Å². The third kappa shape index (κ3) is 5.32. The fraction of sp³-hybridized carbons (Fsp3) is 0.240. The molecule has 0 atom stereocenters. The van der Waals surface area contributed by atoms with Crippen molar-refractivity contribution >= 4 is 17.3 Å². The monoisotopic (exact) mass is 402 g/mol. The average Bonchev–Trinajstić information content (AvgIpc) is 3.33.